The summed E-state index contributed by atoms with van der Waals surface area (Å²) in [5, 5.41) is 2.87. The summed E-state index contributed by atoms with van der Waals surface area (Å²) in [6.07, 6.45) is 2.75. The molecule has 0 spiro atoms. The normalized spacial score (nSPS) is 14.3. The average molecular weight is 636 g/mol. The van der Waals surface area contributed by atoms with E-state index in [2.05, 4.69) is 5.32 Å². The van der Waals surface area contributed by atoms with Crippen LogP contribution in [-0.4, -0.2) is 66.9 Å². The Bertz CT molecular complexity index is 1590. The number of hydrogen-bond acceptors (Lipinski definition) is 7. The predicted octanol–water partition coefficient (Wildman–Crippen LogP) is 4.22. The van der Waals surface area contributed by atoms with Gasteiger partial charge in [-0.15, -0.1) is 0 Å². The molecule has 1 fully saturated rings. The lowest BCUT2D eigenvalue weighted by atomic mass is 10.2. The first-order chi connectivity index (χ1) is 20.0. The molecule has 4 rings (SSSR count). The number of sulfonamides is 2. The standard InChI is InChI=1S/C29H34ClN3O7S2/c1-22-6-11-26(12-7-22)42(37,38)33(23-8-15-28(39-2)27(30)20-23)21-29(34)31-16-19-40-24-9-13-25(14-10-24)41(35,36)32-17-4-3-5-18-32/h6-15,20H,3-5,16-19,21H2,1-2H3,(H,31,34). The Balaban J connectivity index is 1.38. The minimum Gasteiger partial charge on any atom is -0.495 e. The first-order valence-corrected chi connectivity index (χ1v) is 16.7. The highest BCUT2D eigenvalue weighted by Gasteiger charge is 2.28. The SMILES string of the molecule is COc1ccc(N(CC(=O)NCCOc2ccc(S(=O)(=O)N3CCCCC3)cc2)S(=O)(=O)c2ccc(C)cc2)cc1Cl. The van der Waals surface area contributed by atoms with Crippen LogP contribution in [0, 0.1) is 6.92 Å². The van der Waals surface area contributed by atoms with Crippen LogP contribution in [0.15, 0.2) is 76.5 Å². The van der Waals surface area contributed by atoms with Crippen molar-refractivity contribution in [1.82, 2.24) is 9.62 Å². The highest BCUT2D eigenvalue weighted by Crippen LogP contribution is 2.32. The third kappa shape index (κ3) is 7.54. The van der Waals surface area contributed by atoms with E-state index in [-0.39, 0.29) is 33.7 Å². The fourth-order valence-corrected chi connectivity index (χ4v) is 7.65. The highest BCUT2D eigenvalue weighted by molar-refractivity contribution is 7.92. The fourth-order valence-electron chi connectivity index (χ4n) is 4.47. The summed E-state index contributed by atoms with van der Waals surface area (Å²) >= 11 is 6.26. The van der Waals surface area contributed by atoms with E-state index in [1.165, 1.54) is 53.9 Å². The number of anilines is 1. The Labute approximate surface area is 252 Å². The van der Waals surface area contributed by atoms with Crippen LogP contribution in [0.5, 0.6) is 11.5 Å². The lowest BCUT2D eigenvalue weighted by Crippen LogP contribution is -2.42. The number of nitrogens with one attached hydrogen (secondary N) is 1. The molecule has 1 saturated heterocycles. The van der Waals surface area contributed by atoms with Gasteiger partial charge in [-0.3, -0.25) is 9.10 Å². The van der Waals surface area contributed by atoms with E-state index in [0.29, 0.717) is 24.6 Å². The van der Waals surface area contributed by atoms with Gasteiger partial charge in [0.15, 0.2) is 0 Å². The summed E-state index contributed by atoms with van der Waals surface area (Å²) in [4.78, 5) is 13.1. The molecule has 1 aliphatic heterocycles. The molecule has 1 N–H and O–H groups in total. The smallest absolute Gasteiger partial charge is 0.264 e. The molecule has 13 heteroatoms. The minimum absolute atomic E-state index is 0.0296. The predicted molar refractivity (Wildman–Crippen MR) is 161 cm³/mol. The van der Waals surface area contributed by atoms with Gasteiger partial charge in [-0.1, -0.05) is 35.7 Å². The first-order valence-electron chi connectivity index (χ1n) is 13.4. The number of halogens is 1. The molecule has 0 aromatic heterocycles. The van der Waals surface area contributed by atoms with Crippen molar-refractivity contribution in [2.45, 2.75) is 36.0 Å². The summed E-state index contributed by atoms with van der Waals surface area (Å²) in [5.41, 5.74) is 1.09. The second kappa shape index (κ2) is 13.8. The van der Waals surface area contributed by atoms with E-state index in [1.54, 1.807) is 24.3 Å². The molecule has 0 radical (unpaired) electrons. The molecule has 0 aliphatic carbocycles. The maximum atomic E-state index is 13.6. The molecule has 0 saturated carbocycles. The first kappa shape index (κ1) is 31.6. The van der Waals surface area contributed by atoms with Crippen molar-refractivity contribution in [2.75, 3.05) is 44.2 Å². The molecular weight excluding hydrogens is 602 g/mol. The lowest BCUT2D eigenvalue weighted by Gasteiger charge is -2.25. The second-order valence-corrected chi connectivity index (χ2v) is 14.0. The number of benzene rings is 3. The monoisotopic (exact) mass is 635 g/mol. The molecule has 1 amide bonds. The topological polar surface area (TPSA) is 122 Å². The molecule has 3 aromatic carbocycles. The molecule has 10 nitrogen and oxygen atoms in total. The summed E-state index contributed by atoms with van der Waals surface area (Å²) in [7, 11) is -6.20. The number of piperidine rings is 1. The zero-order valence-corrected chi connectivity index (χ0v) is 25.8. The molecule has 0 bridgehead atoms. The van der Waals surface area contributed by atoms with Gasteiger partial charge < -0.3 is 14.8 Å². The summed E-state index contributed by atoms with van der Waals surface area (Å²) in [6, 6.07) is 17.0. The van der Waals surface area contributed by atoms with Gasteiger partial charge in [0, 0.05) is 13.1 Å². The van der Waals surface area contributed by atoms with Crippen molar-refractivity contribution >= 4 is 43.2 Å². The highest BCUT2D eigenvalue weighted by atomic mass is 35.5. The largest absolute Gasteiger partial charge is 0.495 e. The zero-order chi connectivity index (χ0) is 30.3. The van der Waals surface area contributed by atoms with Crippen LogP contribution in [-0.2, 0) is 24.8 Å². The Hall–Kier alpha value is -3.32. The Morgan fingerprint density at radius 1 is 0.929 bits per heavy atom. The van der Waals surface area contributed by atoms with Gasteiger partial charge >= 0.3 is 0 Å². The number of ether oxygens (including phenoxy) is 2. The van der Waals surface area contributed by atoms with Crippen LogP contribution in [0.25, 0.3) is 0 Å². The van der Waals surface area contributed by atoms with Crippen LogP contribution in [0.2, 0.25) is 5.02 Å². The molecule has 0 atom stereocenters. The van der Waals surface area contributed by atoms with E-state index < -0.39 is 32.5 Å². The van der Waals surface area contributed by atoms with Crippen LogP contribution < -0.4 is 19.1 Å². The number of nitrogens with zero attached hydrogens (tertiary/aromatic N) is 2. The molecule has 1 heterocycles. The van der Waals surface area contributed by atoms with Crippen LogP contribution in [0.4, 0.5) is 5.69 Å². The van der Waals surface area contributed by atoms with E-state index >= 15 is 0 Å². The van der Waals surface area contributed by atoms with Gasteiger partial charge in [-0.05, 0) is 74.4 Å². The summed E-state index contributed by atoms with van der Waals surface area (Å²) in [5.74, 6) is 0.259. The van der Waals surface area contributed by atoms with Crippen LogP contribution in [0.1, 0.15) is 24.8 Å². The van der Waals surface area contributed by atoms with E-state index in [0.717, 1.165) is 29.1 Å². The Morgan fingerprint density at radius 2 is 1.57 bits per heavy atom. The zero-order valence-electron chi connectivity index (χ0n) is 23.5. The average Bonchev–Trinajstić information content (AvgIpc) is 2.99. The number of aryl methyl sites for hydroxylation is 1. The van der Waals surface area contributed by atoms with Crippen molar-refractivity contribution in [3.05, 3.63) is 77.3 Å². The third-order valence-corrected chi connectivity index (χ3v) is 10.8. The minimum atomic E-state index is -4.11. The molecule has 1 aliphatic rings. The number of carbonyl (C=O) groups excluding carboxylic acids is 1. The Kier molecular flexibility index (Phi) is 10.4. The number of hydrogen-bond donors (Lipinski definition) is 1. The van der Waals surface area contributed by atoms with Gasteiger partial charge in [-0.25, -0.2) is 16.8 Å². The number of rotatable bonds is 12. The second-order valence-electron chi connectivity index (χ2n) is 9.78. The maximum Gasteiger partial charge on any atom is 0.264 e. The molecule has 42 heavy (non-hydrogen) atoms. The molecular formula is C29H34ClN3O7S2. The van der Waals surface area contributed by atoms with Gasteiger partial charge in [0.2, 0.25) is 15.9 Å². The quantitative estimate of drug-likeness (QED) is 0.296. The van der Waals surface area contributed by atoms with Crippen molar-refractivity contribution in [3.63, 3.8) is 0 Å². The number of carbonyl (C=O) groups is 1. The molecule has 0 unspecified atom stereocenters. The van der Waals surface area contributed by atoms with E-state index in [1.807, 2.05) is 6.92 Å². The van der Waals surface area contributed by atoms with E-state index in [9.17, 15) is 21.6 Å². The van der Waals surface area contributed by atoms with Crippen molar-refractivity contribution in [2.24, 2.45) is 0 Å². The fraction of sp³-hybridized carbons (Fsp3) is 0.345. The van der Waals surface area contributed by atoms with Crippen LogP contribution in [0.3, 0.4) is 0 Å². The number of methoxy groups -OCH3 is 1. The van der Waals surface area contributed by atoms with Gasteiger partial charge in [0.05, 0.1) is 34.2 Å². The number of amides is 1. The van der Waals surface area contributed by atoms with Gasteiger partial charge in [-0.2, -0.15) is 4.31 Å². The summed E-state index contributed by atoms with van der Waals surface area (Å²) in [6.45, 7) is 2.57. The van der Waals surface area contributed by atoms with Crippen LogP contribution >= 0.6 is 11.6 Å². The van der Waals surface area contributed by atoms with Gasteiger partial charge in [0.1, 0.15) is 24.7 Å². The lowest BCUT2D eigenvalue weighted by molar-refractivity contribution is -0.119. The van der Waals surface area contributed by atoms with Gasteiger partial charge in [0.25, 0.3) is 10.0 Å². The Morgan fingerprint density at radius 3 is 2.19 bits per heavy atom. The molecule has 3 aromatic rings. The van der Waals surface area contributed by atoms with E-state index in [4.69, 9.17) is 21.1 Å². The van der Waals surface area contributed by atoms with Crippen molar-refractivity contribution in [3.8, 4) is 11.5 Å². The van der Waals surface area contributed by atoms with Crippen molar-refractivity contribution in [1.29, 1.82) is 0 Å². The maximum absolute atomic E-state index is 13.6. The van der Waals surface area contributed by atoms with Crippen molar-refractivity contribution < 1.29 is 31.1 Å². The molecule has 226 valence electrons. The summed E-state index contributed by atoms with van der Waals surface area (Å²) < 4.78 is 66.1. The third-order valence-electron chi connectivity index (χ3n) is 6.79.